The molecule has 3 rings (SSSR count). The Hall–Kier alpha value is -0.370. The third-order valence-corrected chi connectivity index (χ3v) is 5.51. The summed E-state index contributed by atoms with van der Waals surface area (Å²) >= 11 is 8.90. The van der Waals surface area contributed by atoms with Crippen LogP contribution in [0.2, 0.25) is 4.34 Å². The molecule has 2 aromatic rings. The van der Waals surface area contributed by atoms with Gasteiger partial charge in [-0.05, 0) is 19.1 Å². The van der Waals surface area contributed by atoms with E-state index < -0.39 is 0 Å². The number of carbonyl (C=O) groups is 1. The lowest BCUT2D eigenvalue weighted by Gasteiger charge is -2.33. The van der Waals surface area contributed by atoms with Gasteiger partial charge in [-0.3, -0.25) is 4.79 Å². The first-order valence-electron chi connectivity index (χ1n) is 6.38. The van der Waals surface area contributed by atoms with Crippen LogP contribution in [0, 0.1) is 0 Å². The lowest BCUT2D eigenvalue weighted by molar-refractivity contribution is 0.0650. The van der Waals surface area contributed by atoms with E-state index in [0.29, 0.717) is 5.69 Å². The number of nitrogens with zero attached hydrogens (tertiary/aromatic N) is 2. The minimum atomic E-state index is 0. The average molecular weight is 401 g/mol. The highest BCUT2D eigenvalue weighted by atomic mass is 35.5. The summed E-state index contributed by atoms with van der Waals surface area (Å²) in [7, 11) is 0. The second-order valence-electron chi connectivity index (χ2n) is 4.69. The average Bonchev–Trinajstić information content (AvgIpc) is 3.07. The Morgan fingerprint density at radius 1 is 1.45 bits per heavy atom. The van der Waals surface area contributed by atoms with Gasteiger partial charge in [-0.15, -0.1) is 47.5 Å². The molecule has 0 spiro atoms. The maximum Gasteiger partial charge on any atom is 0.273 e. The molecule has 4 nitrogen and oxygen atoms in total. The molecule has 0 bridgehead atoms. The molecule has 3 heterocycles. The monoisotopic (exact) mass is 399 g/mol. The van der Waals surface area contributed by atoms with E-state index >= 15 is 0 Å². The van der Waals surface area contributed by atoms with Crippen molar-refractivity contribution in [2.45, 2.75) is 13.0 Å². The molecule has 1 saturated heterocycles. The fourth-order valence-electron chi connectivity index (χ4n) is 2.20. The maximum atomic E-state index is 12.5. The molecular formula is C13H16Cl3N3OS2. The van der Waals surface area contributed by atoms with Crippen molar-refractivity contribution in [2.75, 3.05) is 19.6 Å². The first kappa shape index (κ1) is 19.7. The van der Waals surface area contributed by atoms with Crippen LogP contribution in [0.4, 0.5) is 0 Å². The number of carbonyl (C=O) groups excluding carboxylic acids is 1. The Labute approximate surface area is 154 Å². The van der Waals surface area contributed by atoms with Gasteiger partial charge in [0.1, 0.15) is 10.7 Å². The summed E-state index contributed by atoms with van der Waals surface area (Å²) < 4.78 is 0.735. The first-order valence-corrected chi connectivity index (χ1v) is 8.45. The van der Waals surface area contributed by atoms with Crippen LogP contribution >= 0.6 is 59.1 Å². The van der Waals surface area contributed by atoms with E-state index in [9.17, 15) is 4.79 Å². The lowest BCUT2D eigenvalue weighted by Crippen LogP contribution is -2.52. The molecule has 1 fully saturated rings. The van der Waals surface area contributed by atoms with Gasteiger partial charge in [0, 0.05) is 31.1 Å². The van der Waals surface area contributed by atoms with Crippen molar-refractivity contribution < 1.29 is 4.79 Å². The van der Waals surface area contributed by atoms with Crippen molar-refractivity contribution in [3.63, 3.8) is 0 Å². The van der Waals surface area contributed by atoms with E-state index in [2.05, 4.69) is 17.2 Å². The van der Waals surface area contributed by atoms with E-state index in [-0.39, 0.29) is 36.8 Å². The molecule has 0 radical (unpaired) electrons. The minimum absolute atomic E-state index is 0. The molecule has 2 aromatic heterocycles. The number of piperazine rings is 1. The van der Waals surface area contributed by atoms with Crippen molar-refractivity contribution in [1.82, 2.24) is 15.2 Å². The summed E-state index contributed by atoms with van der Waals surface area (Å²) in [5.41, 5.74) is 0.531. The second kappa shape index (κ2) is 8.47. The molecule has 1 aliphatic heterocycles. The Bertz CT molecular complexity index is 632. The topological polar surface area (TPSA) is 45.2 Å². The number of thiazole rings is 1. The molecule has 0 unspecified atom stereocenters. The summed E-state index contributed by atoms with van der Waals surface area (Å²) in [6, 6.07) is 3.99. The van der Waals surface area contributed by atoms with Gasteiger partial charge in [-0.1, -0.05) is 11.6 Å². The van der Waals surface area contributed by atoms with E-state index in [1.807, 2.05) is 22.4 Å². The van der Waals surface area contributed by atoms with Gasteiger partial charge >= 0.3 is 0 Å². The summed E-state index contributed by atoms with van der Waals surface area (Å²) in [4.78, 5) is 19.8. The molecule has 1 atom stereocenters. The van der Waals surface area contributed by atoms with E-state index in [0.717, 1.165) is 33.9 Å². The molecular weight excluding hydrogens is 385 g/mol. The third kappa shape index (κ3) is 4.13. The molecule has 1 aliphatic rings. The summed E-state index contributed by atoms with van der Waals surface area (Å²) in [5, 5.41) is 5.97. The number of halogens is 3. The van der Waals surface area contributed by atoms with E-state index in [1.165, 1.54) is 22.7 Å². The van der Waals surface area contributed by atoms with Crippen molar-refractivity contribution in [2.24, 2.45) is 0 Å². The van der Waals surface area contributed by atoms with Crippen LogP contribution in [0.1, 0.15) is 17.4 Å². The second-order valence-corrected chi connectivity index (χ2v) is 7.27. The van der Waals surface area contributed by atoms with Gasteiger partial charge in [0.25, 0.3) is 5.91 Å². The first-order chi connectivity index (χ1) is 9.65. The SMILES string of the molecule is C[C@@H]1CNCCN1C(=O)c1csc(-c2ccc(Cl)s2)n1.Cl.Cl. The molecule has 0 saturated carbocycles. The van der Waals surface area contributed by atoms with Crippen LogP contribution in [0.25, 0.3) is 9.88 Å². The Morgan fingerprint density at radius 2 is 2.23 bits per heavy atom. The van der Waals surface area contributed by atoms with Crippen molar-refractivity contribution in [3.8, 4) is 9.88 Å². The van der Waals surface area contributed by atoms with Crippen LogP contribution in [0.15, 0.2) is 17.5 Å². The van der Waals surface area contributed by atoms with Gasteiger partial charge in [-0.25, -0.2) is 4.98 Å². The van der Waals surface area contributed by atoms with E-state index in [1.54, 1.807) is 0 Å². The summed E-state index contributed by atoms with van der Waals surface area (Å²) in [6.45, 7) is 4.46. The summed E-state index contributed by atoms with van der Waals surface area (Å²) in [6.07, 6.45) is 0. The zero-order valence-corrected chi connectivity index (χ0v) is 15.8. The highest BCUT2D eigenvalue weighted by Crippen LogP contribution is 2.33. The molecule has 122 valence electrons. The number of amides is 1. The quantitative estimate of drug-likeness (QED) is 0.834. The normalized spacial score (nSPS) is 17.5. The predicted octanol–water partition coefficient (Wildman–Crippen LogP) is 3.80. The molecule has 1 amide bonds. The number of rotatable bonds is 2. The zero-order valence-electron chi connectivity index (χ0n) is 11.7. The fraction of sp³-hybridized carbons (Fsp3) is 0.385. The highest BCUT2D eigenvalue weighted by molar-refractivity contribution is 7.23. The molecule has 1 N–H and O–H groups in total. The number of aromatic nitrogens is 1. The van der Waals surface area contributed by atoms with Crippen LogP contribution in [0.5, 0.6) is 0 Å². The van der Waals surface area contributed by atoms with Crippen LogP contribution in [-0.2, 0) is 0 Å². The maximum absolute atomic E-state index is 12.5. The van der Waals surface area contributed by atoms with Gasteiger partial charge in [0.2, 0.25) is 0 Å². The molecule has 22 heavy (non-hydrogen) atoms. The smallest absolute Gasteiger partial charge is 0.273 e. The van der Waals surface area contributed by atoms with Gasteiger partial charge < -0.3 is 10.2 Å². The number of thiophene rings is 1. The number of nitrogens with one attached hydrogen (secondary N) is 1. The van der Waals surface area contributed by atoms with Crippen molar-refractivity contribution in [1.29, 1.82) is 0 Å². The van der Waals surface area contributed by atoms with Crippen molar-refractivity contribution >= 4 is 65.0 Å². The Kier molecular flexibility index (Phi) is 7.58. The number of hydrogen-bond acceptors (Lipinski definition) is 5. The fourth-order valence-corrected chi connectivity index (χ4v) is 4.11. The Morgan fingerprint density at radius 3 is 2.86 bits per heavy atom. The number of hydrogen-bond donors (Lipinski definition) is 1. The van der Waals surface area contributed by atoms with Crippen LogP contribution in [-0.4, -0.2) is 41.5 Å². The lowest BCUT2D eigenvalue weighted by atomic mass is 10.2. The van der Waals surface area contributed by atoms with Crippen molar-refractivity contribution in [3.05, 3.63) is 27.5 Å². The third-order valence-electron chi connectivity index (χ3n) is 3.27. The molecule has 0 aliphatic carbocycles. The molecule has 0 aromatic carbocycles. The minimum Gasteiger partial charge on any atom is -0.332 e. The Balaban J connectivity index is 0.00000121. The van der Waals surface area contributed by atoms with Crippen LogP contribution < -0.4 is 5.32 Å². The van der Waals surface area contributed by atoms with E-state index in [4.69, 9.17) is 11.6 Å². The highest BCUT2D eigenvalue weighted by Gasteiger charge is 2.25. The van der Waals surface area contributed by atoms with Gasteiger partial charge in [-0.2, -0.15) is 0 Å². The van der Waals surface area contributed by atoms with Gasteiger partial charge in [0.15, 0.2) is 0 Å². The molecule has 9 heteroatoms. The zero-order chi connectivity index (χ0) is 14.1. The van der Waals surface area contributed by atoms with Crippen LogP contribution in [0.3, 0.4) is 0 Å². The standard InChI is InChI=1S/C13H14ClN3OS2.2ClH/c1-8-6-15-4-5-17(8)13(18)9-7-19-12(16-9)10-2-3-11(14)20-10;;/h2-3,7-8,15H,4-6H2,1H3;2*1H/t8-;;/m1../s1. The largest absolute Gasteiger partial charge is 0.332 e. The summed E-state index contributed by atoms with van der Waals surface area (Å²) in [5.74, 6) is 0.0177. The van der Waals surface area contributed by atoms with Gasteiger partial charge in [0.05, 0.1) is 9.21 Å². The predicted molar refractivity (Wildman–Crippen MR) is 98.3 cm³/mol.